The number of allylic oxidation sites excluding steroid dienone is 1. The van der Waals surface area contributed by atoms with Crippen LogP contribution in [0.4, 0.5) is 5.69 Å². The molecule has 0 unspecified atom stereocenters. The molecular weight excluding hydrogens is 266 g/mol. The molecule has 0 spiro atoms. The monoisotopic (exact) mass is 291 g/mol. The Kier molecular flexibility index (Phi) is 4.33. The van der Waals surface area contributed by atoms with Gasteiger partial charge in [-0.15, -0.1) is 0 Å². The van der Waals surface area contributed by atoms with Crippen molar-refractivity contribution in [2.75, 3.05) is 18.0 Å². The topological polar surface area (TPSA) is 3.24 Å². The van der Waals surface area contributed by atoms with Gasteiger partial charge in [0.25, 0.3) is 0 Å². The summed E-state index contributed by atoms with van der Waals surface area (Å²) in [6.45, 7) is 10.8. The van der Waals surface area contributed by atoms with Crippen molar-refractivity contribution in [2.24, 2.45) is 0 Å². The van der Waals surface area contributed by atoms with E-state index < -0.39 is 0 Å². The molecule has 0 atom stereocenters. The fourth-order valence-electron chi connectivity index (χ4n) is 3.32. The fourth-order valence-corrected chi connectivity index (χ4v) is 3.32. The Morgan fingerprint density at radius 2 is 1.77 bits per heavy atom. The molecule has 1 heterocycles. The first kappa shape index (κ1) is 14.9. The number of benzene rings is 2. The Bertz CT molecular complexity index is 664. The highest BCUT2D eigenvalue weighted by Gasteiger charge is 2.18. The average molecular weight is 291 g/mol. The number of hydrogen-bond donors (Lipinski definition) is 0. The van der Waals surface area contributed by atoms with Crippen LogP contribution in [0, 0.1) is 6.92 Å². The molecular formula is C21H25N. The fraction of sp³-hybridized carbons (Fsp3) is 0.333. The van der Waals surface area contributed by atoms with Crippen LogP contribution in [0.2, 0.25) is 0 Å². The predicted molar refractivity (Wildman–Crippen MR) is 96.6 cm³/mol. The zero-order chi connectivity index (χ0) is 15.5. The van der Waals surface area contributed by atoms with E-state index in [0.717, 1.165) is 12.0 Å². The van der Waals surface area contributed by atoms with Crippen LogP contribution >= 0.6 is 0 Å². The molecule has 1 fully saturated rings. The Hall–Kier alpha value is -2.02. The summed E-state index contributed by atoms with van der Waals surface area (Å²) in [7, 11) is 0. The third-order valence-corrected chi connectivity index (χ3v) is 4.61. The predicted octanol–water partition coefficient (Wildman–Crippen LogP) is 5.22. The largest absolute Gasteiger partial charge is 0.371 e. The van der Waals surface area contributed by atoms with E-state index in [4.69, 9.17) is 0 Å². The first-order chi connectivity index (χ1) is 10.6. The maximum atomic E-state index is 4.13. The van der Waals surface area contributed by atoms with Crippen molar-refractivity contribution in [3.63, 3.8) is 0 Å². The number of rotatable bonds is 4. The molecule has 3 rings (SSSR count). The molecule has 1 aliphatic rings. The van der Waals surface area contributed by atoms with Crippen molar-refractivity contribution in [3.05, 3.63) is 71.3 Å². The zero-order valence-corrected chi connectivity index (χ0v) is 13.7. The van der Waals surface area contributed by atoms with E-state index in [-0.39, 0.29) is 0 Å². The lowest BCUT2D eigenvalue weighted by Gasteiger charge is -2.24. The molecule has 114 valence electrons. The van der Waals surface area contributed by atoms with Gasteiger partial charge in [0.05, 0.1) is 0 Å². The maximum Gasteiger partial charge on any atom is 0.0410 e. The molecule has 1 heteroatoms. The zero-order valence-electron chi connectivity index (χ0n) is 13.7. The third-order valence-electron chi connectivity index (χ3n) is 4.61. The van der Waals surface area contributed by atoms with Crippen LogP contribution in [0.5, 0.6) is 0 Å². The highest BCUT2D eigenvalue weighted by Crippen LogP contribution is 2.32. The Balaban J connectivity index is 2.04. The first-order valence-electron chi connectivity index (χ1n) is 8.23. The lowest BCUT2D eigenvalue weighted by atomic mass is 9.94. The SMILES string of the molecule is C=C(C)c1cc(C)c(Cc2ccccc2)c(N2CCCC2)c1. The van der Waals surface area contributed by atoms with Crippen LogP contribution in [0.1, 0.15) is 42.0 Å². The molecule has 0 aliphatic carbocycles. The van der Waals surface area contributed by atoms with E-state index in [1.807, 2.05) is 0 Å². The van der Waals surface area contributed by atoms with Crippen LogP contribution in [0.25, 0.3) is 5.57 Å². The van der Waals surface area contributed by atoms with Gasteiger partial charge >= 0.3 is 0 Å². The van der Waals surface area contributed by atoms with E-state index in [2.05, 4.69) is 67.8 Å². The van der Waals surface area contributed by atoms with Crippen LogP contribution in [-0.2, 0) is 6.42 Å². The van der Waals surface area contributed by atoms with Gasteiger partial charge in [-0.25, -0.2) is 0 Å². The van der Waals surface area contributed by atoms with Crippen molar-refractivity contribution >= 4 is 11.3 Å². The summed E-state index contributed by atoms with van der Waals surface area (Å²) in [4.78, 5) is 2.55. The second kappa shape index (κ2) is 6.39. The van der Waals surface area contributed by atoms with Crippen LogP contribution in [0.3, 0.4) is 0 Å². The Morgan fingerprint density at radius 3 is 2.41 bits per heavy atom. The van der Waals surface area contributed by atoms with Gasteiger partial charge in [0.1, 0.15) is 0 Å². The molecule has 0 bridgehead atoms. The van der Waals surface area contributed by atoms with Crippen molar-refractivity contribution in [1.29, 1.82) is 0 Å². The third kappa shape index (κ3) is 3.09. The summed E-state index contributed by atoms with van der Waals surface area (Å²) in [5.74, 6) is 0. The number of anilines is 1. The normalized spacial score (nSPS) is 14.4. The van der Waals surface area contributed by atoms with E-state index in [1.54, 1.807) is 0 Å². The van der Waals surface area contributed by atoms with Gasteiger partial charge in [0.2, 0.25) is 0 Å². The minimum absolute atomic E-state index is 1.01. The van der Waals surface area contributed by atoms with Crippen molar-refractivity contribution < 1.29 is 0 Å². The quantitative estimate of drug-likeness (QED) is 0.746. The second-order valence-electron chi connectivity index (χ2n) is 6.43. The van der Waals surface area contributed by atoms with Crippen LogP contribution in [0.15, 0.2) is 49.0 Å². The van der Waals surface area contributed by atoms with Crippen molar-refractivity contribution in [1.82, 2.24) is 0 Å². The number of aryl methyl sites for hydroxylation is 1. The standard InChI is InChI=1S/C21H25N/c1-16(2)19-13-17(3)20(14-18-9-5-4-6-10-18)21(15-19)22-11-7-8-12-22/h4-6,9-10,13,15H,1,7-8,11-12,14H2,2-3H3. The number of nitrogens with zero attached hydrogens (tertiary/aromatic N) is 1. The average Bonchev–Trinajstić information content (AvgIpc) is 3.04. The molecule has 1 nitrogen and oxygen atoms in total. The molecule has 0 amide bonds. The molecule has 0 radical (unpaired) electrons. The lowest BCUT2D eigenvalue weighted by molar-refractivity contribution is 0.948. The molecule has 2 aromatic carbocycles. The summed E-state index contributed by atoms with van der Waals surface area (Å²) in [5.41, 5.74) is 8.07. The first-order valence-corrected chi connectivity index (χ1v) is 8.23. The van der Waals surface area contributed by atoms with Gasteiger partial charge < -0.3 is 4.90 Å². The van der Waals surface area contributed by atoms with Crippen LogP contribution < -0.4 is 4.90 Å². The molecule has 1 saturated heterocycles. The van der Waals surface area contributed by atoms with Gasteiger partial charge in [0, 0.05) is 18.8 Å². The molecule has 0 N–H and O–H groups in total. The highest BCUT2D eigenvalue weighted by atomic mass is 15.1. The summed E-state index contributed by atoms with van der Waals surface area (Å²) in [5, 5.41) is 0. The molecule has 2 aromatic rings. The maximum absolute atomic E-state index is 4.13. The second-order valence-corrected chi connectivity index (χ2v) is 6.43. The van der Waals surface area contributed by atoms with Gasteiger partial charge in [0.15, 0.2) is 0 Å². The summed E-state index contributed by atoms with van der Waals surface area (Å²) in [6.07, 6.45) is 3.62. The van der Waals surface area contributed by atoms with Gasteiger partial charge in [-0.3, -0.25) is 0 Å². The minimum Gasteiger partial charge on any atom is -0.371 e. The number of hydrogen-bond acceptors (Lipinski definition) is 1. The van der Waals surface area contributed by atoms with Crippen LogP contribution in [-0.4, -0.2) is 13.1 Å². The Morgan fingerprint density at radius 1 is 1.09 bits per heavy atom. The summed E-state index contributed by atoms with van der Waals surface area (Å²) in [6, 6.07) is 15.4. The van der Waals surface area contributed by atoms with E-state index in [1.165, 1.54) is 53.9 Å². The van der Waals surface area contributed by atoms with Gasteiger partial charge in [-0.1, -0.05) is 48.6 Å². The molecule has 0 saturated carbocycles. The molecule has 1 aliphatic heterocycles. The van der Waals surface area contributed by atoms with E-state index in [0.29, 0.717) is 0 Å². The van der Waals surface area contributed by atoms with E-state index in [9.17, 15) is 0 Å². The molecule has 22 heavy (non-hydrogen) atoms. The van der Waals surface area contributed by atoms with Gasteiger partial charge in [-0.2, -0.15) is 0 Å². The van der Waals surface area contributed by atoms with Crippen molar-refractivity contribution in [2.45, 2.75) is 33.1 Å². The van der Waals surface area contributed by atoms with Crippen molar-refractivity contribution in [3.8, 4) is 0 Å². The Labute approximate surface area is 134 Å². The highest BCUT2D eigenvalue weighted by molar-refractivity contribution is 5.70. The minimum atomic E-state index is 1.01. The van der Waals surface area contributed by atoms with Gasteiger partial charge in [-0.05, 0) is 61.4 Å². The smallest absolute Gasteiger partial charge is 0.0410 e. The summed E-state index contributed by atoms with van der Waals surface area (Å²) < 4.78 is 0. The molecule has 0 aromatic heterocycles. The lowest BCUT2D eigenvalue weighted by Crippen LogP contribution is -2.20. The van der Waals surface area contributed by atoms with E-state index >= 15 is 0 Å². The summed E-state index contributed by atoms with van der Waals surface area (Å²) >= 11 is 0.